The van der Waals surface area contributed by atoms with E-state index in [2.05, 4.69) is 30.9 Å². The van der Waals surface area contributed by atoms with Gasteiger partial charge in [-0.05, 0) is 30.3 Å². The van der Waals surface area contributed by atoms with Gasteiger partial charge in [-0.25, -0.2) is 4.98 Å². The van der Waals surface area contributed by atoms with E-state index >= 15 is 0 Å². The van der Waals surface area contributed by atoms with Crippen LogP contribution in [-0.2, 0) is 0 Å². The molecular weight excluding hydrogens is 332 g/mol. The van der Waals surface area contributed by atoms with Gasteiger partial charge in [0.25, 0.3) is 0 Å². The largest absolute Gasteiger partial charge is 0.434 e. The molecular formula is C15H9BrN4O. The number of anilines is 1. The van der Waals surface area contributed by atoms with Gasteiger partial charge in [-0.2, -0.15) is 0 Å². The SMILES string of the molecule is Nc1cc(Br)cc2nc(-c3ccc4nccnc4c3)oc12. The monoisotopic (exact) mass is 340 g/mol. The van der Waals surface area contributed by atoms with Crippen molar-refractivity contribution >= 4 is 43.8 Å². The van der Waals surface area contributed by atoms with Crippen LogP contribution in [0, 0.1) is 0 Å². The van der Waals surface area contributed by atoms with Crippen molar-refractivity contribution in [3.8, 4) is 11.5 Å². The Morgan fingerprint density at radius 2 is 1.76 bits per heavy atom. The van der Waals surface area contributed by atoms with Crippen molar-refractivity contribution in [2.75, 3.05) is 5.73 Å². The van der Waals surface area contributed by atoms with Crippen molar-refractivity contribution in [2.24, 2.45) is 0 Å². The summed E-state index contributed by atoms with van der Waals surface area (Å²) in [6.45, 7) is 0. The molecule has 0 aliphatic rings. The van der Waals surface area contributed by atoms with Crippen LogP contribution in [0.15, 0.2) is 51.6 Å². The van der Waals surface area contributed by atoms with Gasteiger partial charge >= 0.3 is 0 Å². The fraction of sp³-hybridized carbons (Fsp3) is 0. The van der Waals surface area contributed by atoms with Crippen molar-refractivity contribution in [1.29, 1.82) is 0 Å². The Kier molecular flexibility index (Phi) is 2.65. The van der Waals surface area contributed by atoms with E-state index in [0.717, 1.165) is 26.6 Å². The minimum absolute atomic E-state index is 0.516. The van der Waals surface area contributed by atoms with E-state index in [1.165, 1.54) is 0 Å². The maximum Gasteiger partial charge on any atom is 0.227 e. The Hall–Kier alpha value is -2.47. The first kappa shape index (κ1) is 12.3. The third kappa shape index (κ3) is 2.04. The van der Waals surface area contributed by atoms with Crippen LogP contribution in [0.1, 0.15) is 0 Å². The number of benzene rings is 2. The summed E-state index contributed by atoms with van der Waals surface area (Å²) in [7, 11) is 0. The summed E-state index contributed by atoms with van der Waals surface area (Å²) in [5, 5.41) is 0. The molecule has 0 atom stereocenters. The zero-order valence-electron chi connectivity index (χ0n) is 10.7. The molecule has 0 saturated carbocycles. The van der Waals surface area contributed by atoms with Gasteiger partial charge in [0, 0.05) is 22.4 Å². The third-order valence-electron chi connectivity index (χ3n) is 3.20. The van der Waals surface area contributed by atoms with E-state index in [-0.39, 0.29) is 0 Å². The van der Waals surface area contributed by atoms with Gasteiger partial charge in [-0.3, -0.25) is 9.97 Å². The molecule has 2 aromatic carbocycles. The van der Waals surface area contributed by atoms with Gasteiger partial charge in [0.1, 0.15) is 5.52 Å². The second kappa shape index (κ2) is 4.53. The van der Waals surface area contributed by atoms with E-state index in [1.807, 2.05) is 24.3 Å². The highest BCUT2D eigenvalue weighted by molar-refractivity contribution is 9.10. The van der Waals surface area contributed by atoms with Crippen molar-refractivity contribution in [3.63, 3.8) is 0 Å². The predicted molar refractivity (Wildman–Crippen MR) is 84.7 cm³/mol. The summed E-state index contributed by atoms with van der Waals surface area (Å²) in [5.74, 6) is 0.516. The number of nitrogens with zero attached hydrogens (tertiary/aromatic N) is 3. The Bertz CT molecular complexity index is 980. The molecule has 0 amide bonds. The van der Waals surface area contributed by atoms with Crippen LogP contribution < -0.4 is 5.73 Å². The number of hydrogen-bond donors (Lipinski definition) is 1. The highest BCUT2D eigenvalue weighted by Crippen LogP contribution is 2.31. The quantitative estimate of drug-likeness (QED) is 0.533. The number of aromatic nitrogens is 3. The Morgan fingerprint density at radius 1 is 0.952 bits per heavy atom. The van der Waals surface area contributed by atoms with Crippen molar-refractivity contribution in [2.45, 2.75) is 0 Å². The molecule has 0 aliphatic heterocycles. The van der Waals surface area contributed by atoms with Gasteiger partial charge in [0.2, 0.25) is 5.89 Å². The molecule has 5 nitrogen and oxygen atoms in total. The molecule has 4 rings (SSSR count). The number of fused-ring (bicyclic) bond motifs is 2. The lowest BCUT2D eigenvalue weighted by Crippen LogP contribution is -1.84. The van der Waals surface area contributed by atoms with Crippen molar-refractivity contribution < 1.29 is 4.42 Å². The molecule has 4 aromatic rings. The highest BCUT2D eigenvalue weighted by atomic mass is 79.9. The molecule has 0 spiro atoms. The molecule has 2 heterocycles. The smallest absolute Gasteiger partial charge is 0.227 e. The number of rotatable bonds is 1. The van der Waals surface area contributed by atoms with E-state index in [4.69, 9.17) is 10.2 Å². The van der Waals surface area contributed by atoms with Crippen molar-refractivity contribution in [1.82, 2.24) is 15.0 Å². The maximum absolute atomic E-state index is 5.95. The summed E-state index contributed by atoms with van der Waals surface area (Å²) in [6.07, 6.45) is 3.33. The molecule has 0 fully saturated rings. The van der Waals surface area contributed by atoms with Crippen LogP contribution in [-0.4, -0.2) is 15.0 Å². The summed E-state index contributed by atoms with van der Waals surface area (Å²) in [4.78, 5) is 13.0. The lowest BCUT2D eigenvalue weighted by atomic mass is 10.2. The molecule has 21 heavy (non-hydrogen) atoms. The van der Waals surface area contributed by atoms with Gasteiger partial charge in [-0.15, -0.1) is 0 Å². The van der Waals surface area contributed by atoms with E-state index in [9.17, 15) is 0 Å². The lowest BCUT2D eigenvalue weighted by molar-refractivity contribution is 0.621. The predicted octanol–water partition coefficient (Wildman–Crippen LogP) is 3.78. The third-order valence-corrected chi connectivity index (χ3v) is 3.66. The molecule has 2 N–H and O–H groups in total. The molecule has 102 valence electrons. The first-order valence-electron chi connectivity index (χ1n) is 6.27. The van der Waals surface area contributed by atoms with Crippen molar-refractivity contribution in [3.05, 3.63) is 47.2 Å². The number of nitrogen functional groups attached to an aromatic ring is 1. The number of oxazole rings is 1. The zero-order valence-corrected chi connectivity index (χ0v) is 12.3. The van der Waals surface area contributed by atoms with E-state index in [0.29, 0.717) is 17.2 Å². The minimum atomic E-state index is 0.516. The van der Waals surface area contributed by atoms with E-state index < -0.39 is 0 Å². The maximum atomic E-state index is 5.95. The topological polar surface area (TPSA) is 77.8 Å². The molecule has 2 aromatic heterocycles. The first-order valence-corrected chi connectivity index (χ1v) is 7.07. The van der Waals surface area contributed by atoms with Crippen LogP contribution in [0.3, 0.4) is 0 Å². The summed E-state index contributed by atoms with van der Waals surface area (Å²) in [6, 6.07) is 9.37. The summed E-state index contributed by atoms with van der Waals surface area (Å²) >= 11 is 3.40. The van der Waals surface area contributed by atoms with Gasteiger partial charge in [-0.1, -0.05) is 15.9 Å². The highest BCUT2D eigenvalue weighted by Gasteiger charge is 2.12. The fourth-order valence-corrected chi connectivity index (χ4v) is 2.71. The normalized spacial score (nSPS) is 11.3. The summed E-state index contributed by atoms with van der Waals surface area (Å²) < 4.78 is 6.66. The number of nitrogens with two attached hydrogens (primary N) is 1. The van der Waals surface area contributed by atoms with Crippen LogP contribution in [0.5, 0.6) is 0 Å². The van der Waals surface area contributed by atoms with Crippen LogP contribution in [0.2, 0.25) is 0 Å². The van der Waals surface area contributed by atoms with Crippen LogP contribution in [0.25, 0.3) is 33.6 Å². The lowest BCUT2D eigenvalue weighted by Gasteiger charge is -1.98. The van der Waals surface area contributed by atoms with Crippen LogP contribution in [0.4, 0.5) is 5.69 Å². The molecule has 0 unspecified atom stereocenters. The fourth-order valence-electron chi connectivity index (χ4n) is 2.24. The standard InChI is InChI=1S/C15H9BrN4O/c16-9-6-10(17)14-13(7-9)20-15(21-14)8-1-2-11-12(5-8)19-4-3-18-11/h1-7H,17H2. The minimum Gasteiger partial charge on any atom is -0.434 e. The Labute approximate surface area is 128 Å². The molecule has 6 heteroatoms. The number of hydrogen-bond acceptors (Lipinski definition) is 5. The number of halogens is 1. The summed E-state index contributed by atoms with van der Waals surface area (Å²) in [5.41, 5.74) is 10.3. The average Bonchev–Trinajstić information content (AvgIpc) is 2.91. The zero-order chi connectivity index (χ0) is 14.4. The second-order valence-electron chi connectivity index (χ2n) is 4.62. The van der Waals surface area contributed by atoms with Gasteiger partial charge < -0.3 is 10.2 Å². The first-order chi connectivity index (χ1) is 10.2. The Balaban J connectivity index is 1.93. The molecule has 0 radical (unpaired) electrons. The molecule has 0 aliphatic carbocycles. The van der Waals surface area contributed by atoms with Crippen LogP contribution >= 0.6 is 15.9 Å². The molecule has 0 bridgehead atoms. The Morgan fingerprint density at radius 3 is 2.62 bits per heavy atom. The van der Waals surface area contributed by atoms with Gasteiger partial charge in [0.15, 0.2) is 5.58 Å². The van der Waals surface area contributed by atoms with E-state index in [1.54, 1.807) is 18.5 Å². The van der Waals surface area contributed by atoms with Gasteiger partial charge in [0.05, 0.1) is 16.7 Å². The second-order valence-corrected chi connectivity index (χ2v) is 5.54. The average molecular weight is 341 g/mol. The molecule has 0 saturated heterocycles.